The van der Waals surface area contributed by atoms with E-state index in [2.05, 4.69) is 15.0 Å². The van der Waals surface area contributed by atoms with E-state index in [1.807, 2.05) is 13.8 Å². The van der Waals surface area contributed by atoms with Gasteiger partial charge >= 0.3 is 0 Å². The molecule has 2 aromatic rings. The molecule has 7 heteroatoms. The third kappa shape index (κ3) is 4.45. The molecule has 1 atom stereocenters. The van der Waals surface area contributed by atoms with Crippen molar-refractivity contribution in [1.29, 1.82) is 0 Å². The summed E-state index contributed by atoms with van der Waals surface area (Å²) in [6.07, 6.45) is 9.86. The Morgan fingerprint density at radius 2 is 1.90 bits per heavy atom. The average Bonchev–Trinajstić information content (AvgIpc) is 3.21. The van der Waals surface area contributed by atoms with Crippen LogP contribution in [0.1, 0.15) is 60.8 Å². The van der Waals surface area contributed by atoms with Gasteiger partial charge < -0.3 is 0 Å². The summed E-state index contributed by atoms with van der Waals surface area (Å²) in [7, 11) is 0. The lowest BCUT2D eigenvalue weighted by Crippen LogP contribution is -2.37. The van der Waals surface area contributed by atoms with E-state index in [1.165, 1.54) is 11.3 Å². The van der Waals surface area contributed by atoms with Crippen molar-refractivity contribution in [2.24, 2.45) is 11.8 Å². The number of aromatic nitrogens is 3. The summed E-state index contributed by atoms with van der Waals surface area (Å²) in [5, 5.41) is 1.53. The zero-order valence-corrected chi connectivity index (χ0v) is 17.0. The second kappa shape index (κ2) is 8.53. The zero-order chi connectivity index (χ0) is 20.4. The summed E-state index contributed by atoms with van der Waals surface area (Å²) in [4.78, 5) is 31.7. The minimum absolute atomic E-state index is 0.0306. The Bertz CT molecular complexity index is 866. The molecular formula is C22H27FN4O2. The van der Waals surface area contributed by atoms with E-state index in [9.17, 15) is 9.18 Å². The fourth-order valence-corrected chi connectivity index (χ4v) is 4.39. The van der Waals surface area contributed by atoms with Crippen LogP contribution in [-0.4, -0.2) is 32.5 Å². The van der Waals surface area contributed by atoms with Crippen molar-refractivity contribution in [2.75, 3.05) is 6.61 Å². The first-order valence-corrected chi connectivity index (χ1v) is 10.4. The van der Waals surface area contributed by atoms with E-state index >= 15 is 0 Å². The molecule has 1 saturated carbocycles. The Balaban J connectivity index is 1.36. The van der Waals surface area contributed by atoms with Gasteiger partial charge in [-0.15, -0.1) is 0 Å². The summed E-state index contributed by atoms with van der Waals surface area (Å²) >= 11 is 0. The molecule has 3 heterocycles. The lowest BCUT2D eigenvalue weighted by atomic mass is 9.78. The molecule has 6 nitrogen and oxygen atoms in total. The molecular weight excluding hydrogens is 371 g/mol. The second-order valence-electron chi connectivity index (χ2n) is 8.20. The van der Waals surface area contributed by atoms with Crippen LogP contribution in [0.2, 0.25) is 0 Å². The molecule has 29 heavy (non-hydrogen) atoms. The Hall–Kier alpha value is -2.41. The van der Waals surface area contributed by atoms with E-state index < -0.39 is 0 Å². The van der Waals surface area contributed by atoms with Crippen LogP contribution in [-0.2, 0) is 16.1 Å². The van der Waals surface area contributed by atoms with E-state index in [0.29, 0.717) is 12.5 Å². The summed E-state index contributed by atoms with van der Waals surface area (Å²) in [6, 6.07) is 1.43. The first-order chi connectivity index (χ1) is 14.0. The van der Waals surface area contributed by atoms with Gasteiger partial charge in [0, 0.05) is 24.2 Å². The fourth-order valence-electron chi connectivity index (χ4n) is 4.39. The highest BCUT2D eigenvalue weighted by Crippen LogP contribution is 2.36. The average molecular weight is 398 g/mol. The lowest BCUT2D eigenvalue weighted by Gasteiger charge is -2.31. The summed E-state index contributed by atoms with van der Waals surface area (Å²) in [6.45, 7) is 4.33. The molecule has 154 valence electrons. The molecule has 1 amide bonds. The maximum Gasteiger partial charge on any atom is 0.249 e. The number of aryl methyl sites for hydroxylation is 2. The molecule has 1 saturated heterocycles. The number of halogens is 1. The predicted octanol–water partition coefficient (Wildman–Crippen LogP) is 3.88. The smallest absolute Gasteiger partial charge is 0.249 e. The van der Waals surface area contributed by atoms with Crippen LogP contribution in [0.25, 0.3) is 0 Å². The minimum atomic E-state index is -0.286. The Morgan fingerprint density at radius 1 is 1.10 bits per heavy atom. The van der Waals surface area contributed by atoms with Crippen LogP contribution in [0.4, 0.5) is 4.39 Å². The molecule has 4 rings (SSSR count). The summed E-state index contributed by atoms with van der Waals surface area (Å²) in [5.74, 6) is 0.194. The fraction of sp³-hybridized carbons (Fsp3) is 0.545. The Kier molecular flexibility index (Phi) is 5.85. The van der Waals surface area contributed by atoms with Gasteiger partial charge in [0.15, 0.2) is 0 Å². The molecule has 1 aliphatic carbocycles. The first-order valence-electron chi connectivity index (χ1n) is 10.4. The van der Waals surface area contributed by atoms with Gasteiger partial charge in [0.05, 0.1) is 30.4 Å². The van der Waals surface area contributed by atoms with Gasteiger partial charge in [-0.3, -0.25) is 24.6 Å². The van der Waals surface area contributed by atoms with Crippen molar-refractivity contribution in [1.82, 2.24) is 20.0 Å². The van der Waals surface area contributed by atoms with Crippen LogP contribution in [0.5, 0.6) is 0 Å². The number of hydrogen-bond acceptors (Lipinski definition) is 5. The molecule has 0 N–H and O–H groups in total. The quantitative estimate of drug-likeness (QED) is 0.782. The molecule has 0 bridgehead atoms. The Morgan fingerprint density at radius 3 is 2.62 bits per heavy atom. The standard InChI is InChI=1S/C22H27FN4O2/c1-14-11-26-20(13-24-14)21-7-8-29-27(21)22(28)17-5-3-16(4-6-17)9-18-10-19(23)12-25-15(18)2/h10-13,16-17,21H,3-9H2,1-2H3/t16-,17-,21-/m0/s1. The van der Waals surface area contributed by atoms with Crippen molar-refractivity contribution < 1.29 is 14.0 Å². The van der Waals surface area contributed by atoms with Crippen molar-refractivity contribution in [3.63, 3.8) is 0 Å². The lowest BCUT2D eigenvalue weighted by molar-refractivity contribution is -0.183. The molecule has 0 spiro atoms. The monoisotopic (exact) mass is 398 g/mol. The van der Waals surface area contributed by atoms with Gasteiger partial charge in [-0.05, 0) is 63.5 Å². The highest BCUT2D eigenvalue weighted by atomic mass is 19.1. The van der Waals surface area contributed by atoms with E-state index in [0.717, 1.165) is 61.2 Å². The van der Waals surface area contributed by atoms with Crippen LogP contribution in [0, 0.1) is 31.5 Å². The molecule has 2 aliphatic rings. The number of amides is 1. The van der Waals surface area contributed by atoms with Gasteiger partial charge in [-0.25, -0.2) is 9.45 Å². The van der Waals surface area contributed by atoms with E-state index in [4.69, 9.17) is 4.84 Å². The topological polar surface area (TPSA) is 68.2 Å². The van der Waals surface area contributed by atoms with Gasteiger partial charge in [0.2, 0.25) is 5.91 Å². The first kappa shape index (κ1) is 19.9. The maximum atomic E-state index is 13.5. The highest BCUT2D eigenvalue weighted by Gasteiger charge is 2.38. The Labute approximate surface area is 170 Å². The SMILES string of the molecule is Cc1cnc([C@@H]2CCON2C(=O)[C@H]2CC[C@H](Cc3cc(F)cnc3C)CC2)cn1. The van der Waals surface area contributed by atoms with Gasteiger partial charge in [0.1, 0.15) is 11.9 Å². The van der Waals surface area contributed by atoms with Crippen molar-refractivity contribution in [3.05, 3.63) is 53.1 Å². The van der Waals surface area contributed by atoms with Gasteiger partial charge in [-0.1, -0.05) is 0 Å². The van der Waals surface area contributed by atoms with Crippen LogP contribution < -0.4 is 0 Å². The third-order valence-electron chi connectivity index (χ3n) is 6.13. The van der Waals surface area contributed by atoms with E-state index in [-0.39, 0.29) is 23.7 Å². The van der Waals surface area contributed by atoms with Crippen molar-refractivity contribution in [3.8, 4) is 0 Å². The van der Waals surface area contributed by atoms with Crippen molar-refractivity contribution in [2.45, 2.75) is 58.4 Å². The van der Waals surface area contributed by atoms with E-state index in [1.54, 1.807) is 18.5 Å². The zero-order valence-electron chi connectivity index (χ0n) is 17.0. The number of carbonyl (C=O) groups is 1. The number of nitrogens with zero attached hydrogens (tertiary/aromatic N) is 4. The molecule has 0 unspecified atom stereocenters. The second-order valence-corrected chi connectivity index (χ2v) is 8.20. The molecule has 1 aliphatic heterocycles. The van der Waals surface area contributed by atoms with Crippen LogP contribution >= 0.6 is 0 Å². The molecule has 0 aromatic carbocycles. The number of carbonyl (C=O) groups excluding carboxylic acids is 1. The number of hydrogen-bond donors (Lipinski definition) is 0. The number of pyridine rings is 1. The summed E-state index contributed by atoms with van der Waals surface area (Å²) < 4.78 is 13.5. The van der Waals surface area contributed by atoms with Crippen molar-refractivity contribution >= 4 is 5.91 Å². The predicted molar refractivity (Wildman–Crippen MR) is 105 cm³/mol. The van der Waals surface area contributed by atoms with Gasteiger partial charge in [0.25, 0.3) is 0 Å². The van der Waals surface area contributed by atoms with Crippen LogP contribution in [0.3, 0.4) is 0 Å². The summed E-state index contributed by atoms with van der Waals surface area (Å²) in [5.41, 5.74) is 3.49. The van der Waals surface area contributed by atoms with Crippen LogP contribution in [0.15, 0.2) is 24.7 Å². The number of hydroxylamine groups is 2. The molecule has 2 aromatic heterocycles. The molecule has 0 radical (unpaired) electrons. The highest BCUT2D eigenvalue weighted by molar-refractivity contribution is 5.78. The minimum Gasteiger partial charge on any atom is -0.272 e. The largest absolute Gasteiger partial charge is 0.272 e. The normalized spacial score (nSPS) is 24.7. The molecule has 2 fully saturated rings. The third-order valence-corrected chi connectivity index (χ3v) is 6.13. The van der Waals surface area contributed by atoms with Gasteiger partial charge in [-0.2, -0.15) is 0 Å². The number of rotatable bonds is 4. The maximum absolute atomic E-state index is 13.5.